The Morgan fingerprint density at radius 1 is 1.59 bits per heavy atom. The number of amides is 1. The molecule has 0 fully saturated rings. The Morgan fingerprint density at radius 2 is 2.29 bits per heavy atom. The molecule has 1 atom stereocenters. The quantitative estimate of drug-likeness (QED) is 0.797. The van der Waals surface area contributed by atoms with Crippen molar-refractivity contribution in [2.24, 2.45) is 5.73 Å². The molecule has 1 aliphatic heterocycles. The molecule has 5 heteroatoms. The lowest BCUT2D eigenvalue weighted by molar-refractivity contribution is -0.115. The Morgan fingerprint density at radius 3 is 2.94 bits per heavy atom. The van der Waals surface area contributed by atoms with Crippen LogP contribution in [0.2, 0.25) is 0 Å². The van der Waals surface area contributed by atoms with E-state index in [1.54, 1.807) is 0 Å². The topological polar surface area (TPSA) is 58.4 Å². The molecule has 0 saturated heterocycles. The smallest absolute Gasteiger partial charge is 0.243 e. The van der Waals surface area contributed by atoms with Gasteiger partial charge >= 0.3 is 0 Å². The lowest BCUT2D eigenvalue weighted by atomic mass is 10.1. The highest BCUT2D eigenvalue weighted by atomic mass is 32.1. The maximum Gasteiger partial charge on any atom is 0.243 e. The molecule has 4 nitrogen and oxygen atoms in total. The Labute approximate surface area is 106 Å². The van der Waals surface area contributed by atoms with Gasteiger partial charge in [-0.25, -0.2) is 0 Å². The van der Waals surface area contributed by atoms with Crippen LogP contribution in [0.1, 0.15) is 13.3 Å². The maximum atomic E-state index is 11.6. The van der Waals surface area contributed by atoms with Gasteiger partial charge < -0.3 is 16.0 Å². The molecule has 1 aromatic rings. The van der Waals surface area contributed by atoms with Gasteiger partial charge in [-0.2, -0.15) is 0 Å². The molecule has 2 rings (SSSR count). The number of nitrogens with two attached hydrogens (primary N) is 1. The summed E-state index contributed by atoms with van der Waals surface area (Å²) >= 11 is 5.07. The summed E-state index contributed by atoms with van der Waals surface area (Å²) in [5, 5.41) is 2.84. The minimum absolute atomic E-state index is 0.0293. The van der Waals surface area contributed by atoms with Gasteiger partial charge in [-0.1, -0.05) is 31.3 Å². The van der Waals surface area contributed by atoms with Gasteiger partial charge in [-0.05, 0) is 18.6 Å². The third kappa shape index (κ3) is 2.24. The first-order valence-electron chi connectivity index (χ1n) is 5.58. The van der Waals surface area contributed by atoms with Crippen molar-refractivity contribution in [3.05, 3.63) is 24.3 Å². The van der Waals surface area contributed by atoms with Crippen LogP contribution in [0.4, 0.5) is 11.4 Å². The minimum Gasteiger partial charge on any atom is -0.392 e. The molecule has 1 amide bonds. The maximum absolute atomic E-state index is 11.6. The van der Waals surface area contributed by atoms with E-state index in [1.165, 1.54) is 0 Å². The minimum atomic E-state index is -0.0720. The highest BCUT2D eigenvalue weighted by Gasteiger charge is 2.28. The van der Waals surface area contributed by atoms with Gasteiger partial charge in [0.1, 0.15) is 0 Å². The molecular formula is C12H15N3OS. The zero-order chi connectivity index (χ0) is 12.4. The fourth-order valence-corrected chi connectivity index (χ4v) is 2.41. The monoisotopic (exact) mass is 249 g/mol. The normalized spacial score (nSPS) is 16.1. The molecule has 90 valence electrons. The summed E-state index contributed by atoms with van der Waals surface area (Å²) in [5.41, 5.74) is 7.54. The average Bonchev–Trinajstić information content (AvgIpc) is 2.29. The summed E-state index contributed by atoms with van der Waals surface area (Å²) in [6, 6.07) is 7.61. The van der Waals surface area contributed by atoms with Gasteiger partial charge in [-0.15, -0.1) is 0 Å². The van der Waals surface area contributed by atoms with Crippen molar-refractivity contribution in [1.29, 1.82) is 0 Å². The van der Waals surface area contributed by atoms with Crippen LogP contribution in [0.15, 0.2) is 24.3 Å². The number of fused-ring (bicyclic) bond motifs is 1. The second-order valence-corrected chi connectivity index (χ2v) is 4.49. The predicted octanol–water partition coefficient (Wildman–Crippen LogP) is 1.51. The van der Waals surface area contributed by atoms with Gasteiger partial charge in [0.05, 0.1) is 28.9 Å². The van der Waals surface area contributed by atoms with E-state index in [0.717, 1.165) is 17.8 Å². The van der Waals surface area contributed by atoms with E-state index in [2.05, 4.69) is 5.32 Å². The number of hydrogen-bond acceptors (Lipinski definition) is 3. The summed E-state index contributed by atoms with van der Waals surface area (Å²) in [6.45, 7) is 2.31. The summed E-state index contributed by atoms with van der Waals surface area (Å²) in [4.78, 5) is 14.0. The van der Waals surface area contributed by atoms with E-state index in [1.807, 2.05) is 36.1 Å². The van der Waals surface area contributed by atoms with Crippen LogP contribution in [0.25, 0.3) is 0 Å². The first-order valence-corrected chi connectivity index (χ1v) is 5.99. The van der Waals surface area contributed by atoms with Crippen molar-refractivity contribution in [2.75, 3.05) is 16.8 Å². The van der Waals surface area contributed by atoms with Crippen LogP contribution in [0.3, 0.4) is 0 Å². The summed E-state index contributed by atoms with van der Waals surface area (Å²) < 4.78 is 0. The zero-order valence-electron chi connectivity index (χ0n) is 9.64. The van der Waals surface area contributed by atoms with E-state index in [0.29, 0.717) is 11.5 Å². The van der Waals surface area contributed by atoms with Gasteiger partial charge in [0.15, 0.2) is 0 Å². The fraction of sp³-hybridized carbons (Fsp3) is 0.333. The van der Waals surface area contributed by atoms with Crippen LogP contribution < -0.4 is 16.0 Å². The number of anilines is 2. The molecule has 0 bridgehead atoms. The highest BCUT2D eigenvalue weighted by Crippen LogP contribution is 2.31. The number of rotatable bonds is 3. The Balaban J connectivity index is 2.41. The molecule has 0 aromatic heterocycles. The second kappa shape index (κ2) is 4.71. The summed E-state index contributed by atoms with van der Waals surface area (Å²) in [5.74, 6) is -0.0293. The van der Waals surface area contributed by atoms with Crippen LogP contribution >= 0.6 is 12.2 Å². The van der Waals surface area contributed by atoms with Gasteiger partial charge in [0.2, 0.25) is 5.91 Å². The predicted molar refractivity (Wildman–Crippen MR) is 73.3 cm³/mol. The Hall–Kier alpha value is -1.62. The number of para-hydroxylation sites is 2. The summed E-state index contributed by atoms with van der Waals surface area (Å²) in [6.07, 6.45) is 0.789. The lowest BCUT2D eigenvalue weighted by Crippen LogP contribution is -2.49. The number of carbonyl (C=O) groups excluding carboxylic acids is 1. The molecular weight excluding hydrogens is 234 g/mol. The van der Waals surface area contributed by atoms with Crippen LogP contribution in [-0.2, 0) is 4.79 Å². The van der Waals surface area contributed by atoms with Crippen molar-refractivity contribution < 1.29 is 4.79 Å². The van der Waals surface area contributed by atoms with E-state index in [-0.39, 0.29) is 11.9 Å². The van der Waals surface area contributed by atoms with Crippen LogP contribution in [0.5, 0.6) is 0 Å². The van der Waals surface area contributed by atoms with E-state index in [4.69, 9.17) is 18.0 Å². The number of carbonyl (C=O) groups is 1. The van der Waals surface area contributed by atoms with E-state index < -0.39 is 0 Å². The third-order valence-corrected chi connectivity index (χ3v) is 3.16. The fourth-order valence-electron chi connectivity index (χ4n) is 2.11. The number of benzene rings is 1. The van der Waals surface area contributed by atoms with Crippen molar-refractivity contribution in [2.45, 2.75) is 19.4 Å². The molecule has 1 heterocycles. The van der Waals surface area contributed by atoms with Crippen molar-refractivity contribution >= 4 is 34.5 Å². The van der Waals surface area contributed by atoms with Gasteiger partial charge in [-0.3, -0.25) is 4.79 Å². The first-order chi connectivity index (χ1) is 8.13. The number of nitrogens with one attached hydrogen (secondary N) is 1. The Bertz CT molecular complexity index is 461. The standard InChI is InChI=1S/C12H15N3OS/c1-2-9(12(13)17)15-7-11(16)14-8-5-3-4-6-10(8)15/h3-6,9H,2,7H2,1H3,(H2,13,17)(H,14,16). The average molecular weight is 249 g/mol. The van der Waals surface area contributed by atoms with E-state index >= 15 is 0 Å². The second-order valence-electron chi connectivity index (χ2n) is 4.02. The molecule has 3 N–H and O–H groups in total. The number of nitrogens with zero attached hydrogens (tertiary/aromatic N) is 1. The number of hydrogen-bond donors (Lipinski definition) is 2. The molecule has 0 aliphatic carbocycles. The van der Waals surface area contributed by atoms with E-state index in [9.17, 15) is 4.79 Å². The lowest BCUT2D eigenvalue weighted by Gasteiger charge is -2.36. The van der Waals surface area contributed by atoms with Crippen LogP contribution in [-0.4, -0.2) is 23.5 Å². The molecule has 0 saturated carbocycles. The SMILES string of the molecule is CCC(C(N)=S)N1CC(=O)Nc2ccccc21. The highest BCUT2D eigenvalue weighted by molar-refractivity contribution is 7.80. The molecule has 0 radical (unpaired) electrons. The van der Waals surface area contributed by atoms with Crippen LogP contribution in [0, 0.1) is 0 Å². The molecule has 0 spiro atoms. The van der Waals surface area contributed by atoms with Gasteiger partial charge in [0.25, 0.3) is 0 Å². The molecule has 1 aromatic carbocycles. The van der Waals surface area contributed by atoms with Crippen molar-refractivity contribution in [1.82, 2.24) is 0 Å². The third-order valence-electron chi connectivity index (χ3n) is 2.89. The van der Waals surface area contributed by atoms with Crippen molar-refractivity contribution in [3.8, 4) is 0 Å². The Kier molecular flexibility index (Phi) is 3.28. The number of thiocarbonyl (C=S) groups is 1. The molecule has 1 aliphatic rings. The van der Waals surface area contributed by atoms with Crippen molar-refractivity contribution in [3.63, 3.8) is 0 Å². The summed E-state index contributed by atoms with van der Waals surface area (Å²) in [7, 11) is 0. The first kappa shape index (κ1) is 11.9. The van der Waals surface area contributed by atoms with Gasteiger partial charge in [0, 0.05) is 0 Å². The largest absolute Gasteiger partial charge is 0.392 e. The molecule has 1 unspecified atom stereocenters. The zero-order valence-corrected chi connectivity index (χ0v) is 10.5. The molecule has 17 heavy (non-hydrogen) atoms.